The molecular weight excluding hydrogens is 400 g/mol. The molecule has 0 aliphatic heterocycles. The Hall–Kier alpha value is -0.320. The zero-order chi connectivity index (χ0) is 14.1. The lowest BCUT2D eigenvalue weighted by Crippen LogP contribution is -1.95. The van der Waals surface area contributed by atoms with Crippen molar-refractivity contribution < 1.29 is 4.74 Å². The molecule has 106 valence electrons. The van der Waals surface area contributed by atoms with Crippen molar-refractivity contribution in [3.63, 3.8) is 0 Å². The second kappa shape index (κ2) is 6.20. The number of alkyl halides is 1. The van der Waals surface area contributed by atoms with Gasteiger partial charge in [0.2, 0.25) is 0 Å². The quantitative estimate of drug-likeness (QED) is 0.566. The van der Waals surface area contributed by atoms with Crippen molar-refractivity contribution in [3.05, 3.63) is 49.6 Å². The Balaban J connectivity index is 1.87. The van der Waals surface area contributed by atoms with Crippen LogP contribution in [0.15, 0.2) is 28.7 Å². The van der Waals surface area contributed by atoms with Crippen molar-refractivity contribution in [1.82, 2.24) is 0 Å². The van der Waals surface area contributed by atoms with E-state index in [9.17, 15) is 0 Å². The van der Waals surface area contributed by atoms with E-state index in [0.29, 0.717) is 6.61 Å². The molecule has 3 rings (SSSR count). The van der Waals surface area contributed by atoms with Crippen molar-refractivity contribution >= 4 is 43.2 Å². The Labute approximate surface area is 140 Å². The molecule has 1 nitrogen and oxygen atoms in total. The fourth-order valence-electron chi connectivity index (χ4n) is 2.60. The van der Waals surface area contributed by atoms with Crippen LogP contribution in [0, 0.1) is 0 Å². The van der Waals surface area contributed by atoms with E-state index in [0.717, 1.165) is 10.2 Å². The maximum absolute atomic E-state index is 5.53. The summed E-state index contributed by atoms with van der Waals surface area (Å²) in [7, 11) is 0. The SMILES string of the molecule is CCOc1ccc(C(Br)c2cc3c(s2)CCC3)c(Br)c1. The predicted octanol–water partition coefficient (Wildman–Crippen LogP) is 5.88. The maximum Gasteiger partial charge on any atom is 0.120 e. The minimum atomic E-state index is 0.253. The summed E-state index contributed by atoms with van der Waals surface area (Å²) in [5, 5.41) is 0. The standard InChI is InChI=1S/C16H16Br2OS/c1-2-19-11-6-7-12(13(17)9-11)16(18)15-8-10-4-3-5-14(10)20-15/h6-9,16H,2-5H2,1H3. The number of fused-ring (bicyclic) bond motifs is 1. The summed E-state index contributed by atoms with van der Waals surface area (Å²) in [6.07, 6.45) is 3.82. The summed E-state index contributed by atoms with van der Waals surface area (Å²) in [6.45, 7) is 2.70. The minimum absolute atomic E-state index is 0.253. The summed E-state index contributed by atoms with van der Waals surface area (Å²) in [6, 6.07) is 8.60. The molecule has 20 heavy (non-hydrogen) atoms. The molecule has 1 unspecified atom stereocenters. The van der Waals surface area contributed by atoms with Gasteiger partial charge in [-0.05, 0) is 55.5 Å². The van der Waals surface area contributed by atoms with Crippen LogP contribution >= 0.6 is 43.2 Å². The second-order valence-electron chi connectivity index (χ2n) is 4.93. The average Bonchev–Trinajstić information content (AvgIpc) is 2.99. The van der Waals surface area contributed by atoms with Crippen LogP contribution < -0.4 is 4.74 Å². The second-order valence-corrected chi connectivity index (χ2v) is 7.87. The zero-order valence-corrected chi connectivity index (χ0v) is 15.3. The average molecular weight is 416 g/mol. The van der Waals surface area contributed by atoms with Crippen LogP contribution in [0.5, 0.6) is 5.75 Å². The molecule has 1 aromatic heterocycles. The Bertz CT molecular complexity index is 599. The van der Waals surface area contributed by atoms with Crippen LogP contribution in [0.25, 0.3) is 0 Å². The lowest BCUT2D eigenvalue weighted by atomic mass is 10.1. The fraction of sp³-hybridized carbons (Fsp3) is 0.375. The fourth-order valence-corrected chi connectivity index (χ4v) is 5.56. The van der Waals surface area contributed by atoms with Crippen LogP contribution in [0.4, 0.5) is 0 Å². The summed E-state index contributed by atoms with van der Waals surface area (Å²) < 4.78 is 6.63. The van der Waals surface area contributed by atoms with Crippen LogP contribution in [0.2, 0.25) is 0 Å². The van der Waals surface area contributed by atoms with E-state index < -0.39 is 0 Å². The smallest absolute Gasteiger partial charge is 0.120 e. The van der Waals surface area contributed by atoms with Gasteiger partial charge in [0, 0.05) is 14.2 Å². The van der Waals surface area contributed by atoms with Gasteiger partial charge in [0.15, 0.2) is 0 Å². The number of hydrogen-bond donors (Lipinski definition) is 0. The zero-order valence-electron chi connectivity index (χ0n) is 11.3. The predicted molar refractivity (Wildman–Crippen MR) is 92.4 cm³/mol. The van der Waals surface area contributed by atoms with Crippen LogP contribution in [-0.4, -0.2) is 6.61 Å². The van der Waals surface area contributed by atoms with Gasteiger partial charge < -0.3 is 4.74 Å². The summed E-state index contributed by atoms with van der Waals surface area (Å²) in [5.74, 6) is 0.913. The molecule has 0 bridgehead atoms. The Morgan fingerprint density at radius 2 is 2.15 bits per heavy atom. The van der Waals surface area contributed by atoms with E-state index in [1.54, 1.807) is 10.4 Å². The number of aryl methyl sites for hydroxylation is 2. The Kier molecular flexibility index (Phi) is 4.53. The van der Waals surface area contributed by atoms with Crippen LogP contribution in [-0.2, 0) is 12.8 Å². The molecule has 1 heterocycles. The van der Waals surface area contributed by atoms with Gasteiger partial charge in [0.1, 0.15) is 5.75 Å². The summed E-state index contributed by atoms with van der Waals surface area (Å²) in [4.78, 5) is 3.23. The van der Waals surface area contributed by atoms with Crippen molar-refractivity contribution in [2.24, 2.45) is 0 Å². The van der Waals surface area contributed by atoms with Gasteiger partial charge in [-0.3, -0.25) is 0 Å². The topological polar surface area (TPSA) is 9.23 Å². The lowest BCUT2D eigenvalue weighted by molar-refractivity contribution is 0.340. The van der Waals surface area contributed by atoms with Crippen LogP contribution in [0.3, 0.4) is 0 Å². The monoisotopic (exact) mass is 414 g/mol. The van der Waals surface area contributed by atoms with E-state index >= 15 is 0 Å². The van der Waals surface area contributed by atoms with Gasteiger partial charge in [-0.25, -0.2) is 0 Å². The van der Waals surface area contributed by atoms with Gasteiger partial charge in [-0.15, -0.1) is 11.3 Å². The highest BCUT2D eigenvalue weighted by Gasteiger charge is 2.21. The van der Waals surface area contributed by atoms with Crippen molar-refractivity contribution in [2.75, 3.05) is 6.61 Å². The molecular formula is C16H16Br2OS. The Morgan fingerprint density at radius 3 is 2.85 bits per heavy atom. The number of thiophene rings is 1. The molecule has 0 N–H and O–H groups in total. The van der Waals surface area contributed by atoms with Crippen molar-refractivity contribution in [2.45, 2.75) is 31.0 Å². The molecule has 0 saturated heterocycles. The van der Waals surface area contributed by atoms with Gasteiger partial charge in [0.05, 0.1) is 11.4 Å². The third kappa shape index (κ3) is 2.83. The molecule has 0 saturated carbocycles. The van der Waals surface area contributed by atoms with E-state index in [2.05, 4.69) is 44.0 Å². The van der Waals surface area contributed by atoms with Crippen molar-refractivity contribution in [3.8, 4) is 5.75 Å². The Morgan fingerprint density at radius 1 is 1.30 bits per heavy atom. The highest BCUT2D eigenvalue weighted by atomic mass is 79.9. The first-order valence-electron chi connectivity index (χ1n) is 6.87. The maximum atomic E-state index is 5.53. The van der Waals surface area contributed by atoms with Gasteiger partial charge in [0.25, 0.3) is 0 Å². The third-order valence-electron chi connectivity index (χ3n) is 3.57. The molecule has 4 heteroatoms. The number of rotatable bonds is 4. The highest BCUT2D eigenvalue weighted by Crippen LogP contribution is 2.42. The van der Waals surface area contributed by atoms with E-state index in [1.165, 1.54) is 29.7 Å². The number of ether oxygens (including phenoxy) is 1. The molecule has 0 amide bonds. The lowest BCUT2D eigenvalue weighted by Gasteiger charge is -2.12. The molecule has 0 fully saturated rings. The number of halogens is 2. The number of benzene rings is 1. The first-order chi connectivity index (χ1) is 9.69. The normalized spacial score (nSPS) is 15.2. The van der Waals surface area contributed by atoms with Gasteiger partial charge >= 0.3 is 0 Å². The summed E-state index contributed by atoms with van der Waals surface area (Å²) >= 11 is 9.46. The first-order valence-corrected chi connectivity index (χ1v) is 9.39. The van der Waals surface area contributed by atoms with Gasteiger partial charge in [-0.1, -0.05) is 37.9 Å². The number of hydrogen-bond acceptors (Lipinski definition) is 2. The first kappa shape index (κ1) is 14.6. The third-order valence-corrected chi connectivity index (χ3v) is 6.85. The molecule has 0 spiro atoms. The van der Waals surface area contributed by atoms with Crippen molar-refractivity contribution in [1.29, 1.82) is 0 Å². The van der Waals surface area contributed by atoms with E-state index in [1.807, 2.05) is 30.4 Å². The van der Waals surface area contributed by atoms with E-state index in [-0.39, 0.29) is 4.83 Å². The molecule has 1 atom stereocenters. The summed E-state index contributed by atoms with van der Waals surface area (Å²) in [5.41, 5.74) is 2.81. The van der Waals surface area contributed by atoms with Crippen LogP contribution in [0.1, 0.15) is 39.1 Å². The molecule has 2 aromatic rings. The largest absolute Gasteiger partial charge is 0.494 e. The van der Waals surface area contributed by atoms with Gasteiger partial charge in [-0.2, -0.15) is 0 Å². The highest BCUT2D eigenvalue weighted by molar-refractivity contribution is 9.11. The molecule has 1 aliphatic rings. The molecule has 0 radical (unpaired) electrons. The minimum Gasteiger partial charge on any atom is -0.494 e. The molecule has 1 aliphatic carbocycles. The molecule has 1 aromatic carbocycles. The van der Waals surface area contributed by atoms with E-state index in [4.69, 9.17) is 4.74 Å².